The highest BCUT2D eigenvalue weighted by Crippen LogP contribution is 2.31. The Morgan fingerprint density at radius 3 is 2.80 bits per heavy atom. The number of hydrogen-bond acceptors (Lipinski definition) is 5. The third-order valence-corrected chi connectivity index (χ3v) is 3.72. The Hall–Kier alpha value is -2.28. The van der Waals surface area contributed by atoms with Crippen LogP contribution in [0.2, 0.25) is 0 Å². The maximum absolute atomic E-state index is 11.4. The second kappa shape index (κ2) is 4.68. The molecule has 3 rings (SSSR count). The number of aromatic carboxylic acids is 1. The van der Waals surface area contributed by atoms with Gasteiger partial charge in [-0.3, -0.25) is 4.40 Å². The molecular weight excluding hydrogens is 278 g/mol. The molecule has 3 aromatic heterocycles. The van der Waals surface area contributed by atoms with E-state index < -0.39 is 5.97 Å². The summed E-state index contributed by atoms with van der Waals surface area (Å²) in [6.07, 6.45) is 1.67. The van der Waals surface area contributed by atoms with E-state index in [0.29, 0.717) is 21.7 Å². The molecule has 0 fully saturated rings. The zero-order chi connectivity index (χ0) is 14.3. The molecule has 3 heterocycles. The molecule has 0 saturated carbocycles. The van der Waals surface area contributed by atoms with Gasteiger partial charge in [-0.05, 0) is 37.7 Å². The number of nitrogens with zero attached hydrogens (tertiary/aromatic N) is 3. The predicted octanol–water partition coefficient (Wildman–Crippen LogP) is 2.79. The van der Waals surface area contributed by atoms with E-state index in [2.05, 4.69) is 9.97 Å². The molecule has 102 valence electrons. The minimum absolute atomic E-state index is 0.110. The Balaban J connectivity index is 2.10. The number of rotatable bonds is 3. The number of imidazole rings is 1. The zero-order valence-electron chi connectivity index (χ0n) is 10.8. The summed E-state index contributed by atoms with van der Waals surface area (Å²) in [5.74, 6) is -0.320. The van der Waals surface area contributed by atoms with Crippen LogP contribution in [0.5, 0.6) is 0 Å². The van der Waals surface area contributed by atoms with Crippen LogP contribution in [-0.4, -0.2) is 25.4 Å². The fraction of sp³-hybridized carbons (Fsp3) is 0.154. The first-order valence-corrected chi connectivity index (χ1v) is 6.70. The minimum atomic E-state index is -1.04. The molecule has 0 aliphatic carbocycles. The third-order valence-electron chi connectivity index (χ3n) is 2.89. The lowest BCUT2D eigenvalue weighted by Crippen LogP contribution is -2.02. The molecule has 0 aromatic carbocycles. The van der Waals surface area contributed by atoms with Crippen molar-refractivity contribution in [3.05, 3.63) is 41.5 Å². The number of aromatic nitrogens is 3. The molecule has 6 nitrogen and oxygen atoms in total. The van der Waals surface area contributed by atoms with Gasteiger partial charge in [0.25, 0.3) is 5.22 Å². The lowest BCUT2D eigenvalue weighted by Gasteiger charge is -1.97. The van der Waals surface area contributed by atoms with Crippen molar-refractivity contribution in [2.24, 2.45) is 0 Å². The number of oxazole rings is 1. The first-order valence-electron chi connectivity index (χ1n) is 5.88. The zero-order valence-corrected chi connectivity index (χ0v) is 11.6. The van der Waals surface area contributed by atoms with Gasteiger partial charge in [0.15, 0.2) is 5.69 Å². The number of carboxylic acid groups (broad SMARTS) is 1. The van der Waals surface area contributed by atoms with E-state index >= 15 is 0 Å². The van der Waals surface area contributed by atoms with Crippen molar-refractivity contribution in [3.63, 3.8) is 0 Å². The molecule has 0 unspecified atom stereocenters. The van der Waals surface area contributed by atoms with Gasteiger partial charge >= 0.3 is 5.97 Å². The number of aryl methyl sites for hydroxylation is 2. The number of fused-ring (bicyclic) bond motifs is 1. The standard InChI is InChI=1S/C13H11N3O3S/c1-7-8(2)19-13(14-7)20-11-10(12(17)18)16-6-4-3-5-9(16)15-11/h3-6H,1-2H3,(H,17,18). The van der Waals surface area contributed by atoms with Gasteiger partial charge in [-0.15, -0.1) is 0 Å². The molecule has 0 atom stereocenters. The molecule has 0 bridgehead atoms. The SMILES string of the molecule is Cc1nc(Sc2nc3ccccn3c2C(=O)O)oc1C. The summed E-state index contributed by atoms with van der Waals surface area (Å²) in [7, 11) is 0. The quantitative estimate of drug-likeness (QED) is 0.798. The summed E-state index contributed by atoms with van der Waals surface area (Å²) < 4.78 is 6.99. The molecule has 20 heavy (non-hydrogen) atoms. The first-order chi connectivity index (χ1) is 9.56. The normalized spacial score (nSPS) is 11.1. The Bertz CT molecular complexity index is 787. The molecule has 0 spiro atoms. The lowest BCUT2D eigenvalue weighted by molar-refractivity contribution is 0.0685. The van der Waals surface area contributed by atoms with E-state index in [9.17, 15) is 9.90 Å². The summed E-state index contributed by atoms with van der Waals surface area (Å²) >= 11 is 1.11. The van der Waals surface area contributed by atoms with Crippen molar-refractivity contribution < 1.29 is 14.3 Å². The third kappa shape index (κ3) is 2.05. The van der Waals surface area contributed by atoms with E-state index in [1.165, 1.54) is 4.40 Å². The fourth-order valence-electron chi connectivity index (χ4n) is 1.81. The Kier molecular flexibility index (Phi) is 2.98. The van der Waals surface area contributed by atoms with Crippen molar-refractivity contribution >= 4 is 23.4 Å². The number of carboxylic acids is 1. The smallest absolute Gasteiger partial charge is 0.355 e. The first kappa shape index (κ1) is 12.7. The van der Waals surface area contributed by atoms with Crippen molar-refractivity contribution in [2.75, 3.05) is 0 Å². The molecule has 3 aromatic rings. The van der Waals surface area contributed by atoms with Gasteiger partial charge in [0.1, 0.15) is 16.4 Å². The monoisotopic (exact) mass is 289 g/mol. The van der Waals surface area contributed by atoms with Crippen LogP contribution in [0.3, 0.4) is 0 Å². The Labute approximate surface area is 118 Å². The topological polar surface area (TPSA) is 80.6 Å². The molecule has 1 N–H and O–H groups in total. The van der Waals surface area contributed by atoms with Crippen LogP contribution >= 0.6 is 11.8 Å². The van der Waals surface area contributed by atoms with E-state index in [0.717, 1.165) is 17.5 Å². The Morgan fingerprint density at radius 2 is 2.15 bits per heavy atom. The van der Waals surface area contributed by atoms with Crippen LogP contribution in [0.25, 0.3) is 5.65 Å². The molecule has 0 aliphatic rings. The van der Waals surface area contributed by atoms with Crippen LogP contribution in [0, 0.1) is 13.8 Å². The molecular formula is C13H11N3O3S. The highest BCUT2D eigenvalue weighted by molar-refractivity contribution is 7.99. The van der Waals surface area contributed by atoms with Crippen molar-refractivity contribution in [2.45, 2.75) is 24.1 Å². The second-order valence-electron chi connectivity index (χ2n) is 4.22. The van der Waals surface area contributed by atoms with Gasteiger partial charge in [-0.2, -0.15) is 0 Å². The van der Waals surface area contributed by atoms with Crippen LogP contribution < -0.4 is 0 Å². The van der Waals surface area contributed by atoms with Crippen molar-refractivity contribution in [1.82, 2.24) is 14.4 Å². The molecule has 0 radical (unpaired) electrons. The minimum Gasteiger partial charge on any atom is -0.476 e. The highest BCUT2D eigenvalue weighted by atomic mass is 32.2. The van der Waals surface area contributed by atoms with Crippen LogP contribution in [0.1, 0.15) is 21.9 Å². The summed E-state index contributed by atoms with van der Waals surface area (Å²) in [6, 6.07) is 5.32. The molecule has 0 amide bonds. The van der Waals surface area contributed by atoms with Gasteiger partial charge < -0.3 is 9.52 Å². The number of pyridine rings is 1. The summed E-state index contributed by atoms with van der Waals surface area (Å²) in [6.45, 7) is 3.65. The van der Waals surface area contributed by atoms with Crippen molar-refractivity contribution in [3.8, 4) is 0 Å². The highest BCUT2D eigenvalue weighted by Gasteiger charge is 2.21. The van der Waals surface area contributed by atoms with Crippen LogP contribution in [0.4, 0.5) is 0 Å². The van der Waals surface area contributed by atoms with Gasteiger partial charge in [-0.1, -0.05) is 6.07 Å². The largest absolute Gasteiger partial charge is 0.476 e. The van der Waals surface area contributed by atoms with E-state index in [-0.39, 0.29) is 5.69 Å². The fourth-order valence-corrected chi connectivity index (χ4v) is 2.75. The van der Waals surface area contributed by atoms with Crippen LogP contribution in [-0.2, 0) is 0 Å². The maximum Gasteiger partial charge on any atom is 0.355 e. The molecule has 7 heteroatoms. The average Bonchev–Trinajstić information content (AvgIpc) is 2.90. The van der Waals surface area contributed by atoms with Crippen LogP contribution in [0.15, 0.2) is 39.1 Å². The van der Waals surface area contributed by atoms with Gasteiger partial charge in [-0.25, -0.2) is 14.8 Å². The van der Waals surface area contributed by atoms with Gasteiger partial charge in [0, 0.05) is 6.20 Å². The molecule has 0 aliphatic heterocycles. The lowest BCUT2D eigenvalue weighted by atomic mass is 10.4. The summed E-state index contributed by atoms with van der Waals surface area (Å²) in [4.78, 5) is 20.0. The second-order valence-corrected chi connectivity index (χ2v) is 5.16. The average molecular weight is 289 g/mol. The van der Waals surface area contributed by atoms with Gasteiger partial charge in [0.05, 0.1) is 5.69 Å². The van der Waals surface area contributed by atoms with E-state index in [1.54, 1.807) is 18.3 Å². The summed E-state index contributed by atoms with van der Waals surface area (Å²) in [5, 5.41) is 10.1. The number of hydrogen-bond donors (Lipinski definition) is 1. The van der Waals surface area contributed by atoms with E-state index in [4.69, 9.17) is 4.42 Å². The van der Waals surface area contributed by atoms with Gasteiger partial charge in [0.2, 0.25) is 0 Å². The Morgan fingerprint density at radius 1 is 1.35 bits per heavy atom. The molecule has 0 saturated heterocycles. The summed E-state index contributed by atoms with van der Waals surface area (Å²) in [5.41, 5.74) is 1.47. The predicted molar refractivity (Wildman–Crippen MR) is 72.3 cm³/mol. The number of carbonyl (C=O) groups is 1. The maximum atomic E-state index is 11.4. The van der Waals surface area contributed by atoms with E-state index in [1.807, 2.05) is 19.9 Å². The van der Waals surface area contributed by atoms with Crippen molar-refractivity contribution in [1.29, 1.82) is 0 Å².